The standard InChI is InChI=1S/C14H15N3S/c15-7-8-17-13-6-2-1-5-12(13)16-14(17)10-11-4-3-9-18-11/h1-6,9H,7-8,10,15H2. The predicted octanol–water partition coefficient (Wildman–Crippen LogP) is 2.65. The molecule has 0 radical (unpaired) electrons. The molecule has 0 amide bonds. The molecule has 92 valence electrons. The van der Waals surface area contributed by atoms with Crippen molar-refractivity contribution >= 4 is 22.4 Å². The number of rotatable bonds is 4. The number of hydrogen-bond donors (Lipinski definition) is 1. The minimum Gasteiger partial charge on any atom is -0.329 e. The highest BCUT2D eigenvalue weighted by molar-refractivity contribution is 7.09. The second-order valence-electron chi connectivity index (χ2n) is 4.21. The topological polar surface area (TPSA) is 43.8 Å². The smallest absolute Gasteiger partial charge is 0.115 e. The lowest BCUT2D eigenvalue weighted by Crippen LogP contribution is -2.12. The molecule has 2 heterocycles. The van der Waals surface area contributed by atoms with E-state index in [1.165, 1.54) is 10.4 Å². The number of benzene rings is 1. The minimum absolute atomic E-state index is 0.637. The molecule has 3 nitrogen and oxygen atoms in total. The van der Waals surface area contributed by atoms with Crippen LogP contribution in [0.15, 0.2) is 41.8 Å². The Hall–Kier alpha value is -1.65. The molecule has 0 fully saturated rings. The van der Waals surface area contributed by atoms with Gasteiger partial charge in [0, 0.05) is 24.4 Å². The average molecular weight is 257 g/mol. The Bertz CT molecular complexity index is 640. The van der Waals surface area contributed by atoms with Crippen LogP contribution in [0.5, 0.6) is 0 Å². The molecule has 0 spiro atoms. The first kappa shape index (κ1) is 11.4. The highest BCUT2D eigenvalue weighted by atomic mass is 32.1. The summed E-state index contributed by atoms with van der Waals surface area (Å²) in [7, 11) is 0. The maximum absolute atomic E-state index is 5.71. The SMILES string of the molecule is NCCn1c(Cc2cccs2)nc2ccccc21. The number of thiophene rings is 1. The minimum atomic E-state index is 0.637. The summed E-state index contributed by atoms with van der Waals surface area (Å²) in [5.74, 6) is 1.10. The van der Waals surface area contributed by atoms with E-state index >= 15 is 0 Å². The second-order valence-corrected chi connectivity index (χ2v) is 5.25. The number of nitrogens with zero attached hydrogens (tertiary/aromatic N) is 2. The van der Waals surface area contributed by atoms with Gasteiger partial charge in [0.15, 0.2) is 0 Å². The molecule has 0 aliphatic heterocycles. The summed E-state index contributed by atoms with van der Waals surface area (Å²) < 4.78 is 2.23. The van der Waals surface area contributed by atoms with Crippen LogP contribution >= 0.6 is 11.3 Å². The Labute approximate surface area is 110 Å². The molecule has 0 bridgehead atoms. The zero-order valence-corrected chi connectivity index (χ0v) is 10.9. The molecule has 0 atom stereocenters. The maximum atomic E-state index is 5.71. The van der Waals surface area contributed by atoms with Gasteiger partial charge in [-0.25, -0.2) is 4.98 Å². The summed E-state index contributed by atoms with van der Waals surface area (Å²) in [4.78, 5) is 6.06. The van der Waals surface area contributed by atoms with Crippen molar-refractivity contribution in [2.24, 2.45) is 5.73 Å². The third-order valence-electron chi connectivity index (χ3n) is 3.00. The quantitative estimate of drug-likeness (QED) is 0.781. The van der Waals surface area contributed by atoms with Gasteiger partial charge < -0.3 is 10.3 Å². The van der Waals surface area contributed by atoms with Gasteiger partial charge in [-0.3, -0.25) is 0 Å². The normalized spacial score (nSPS) is 11.2. The van der Waals surface area contributed by atoms with Crippen molar-refractivity contribution in [3.05, 3.63) is 52.5 Å². The summed E-state index contributed by atoms with van der Waals surface area (Å²) in [5.41, 5.74) is 7.94. The highest BCUT2D eigenvalue weighted by Gasteiger charge is 2.10. The zero-order valence-electron chi connectivity index (χ0n) is 10.0. The monoisotopic (exact) mass is 257 g/mol. The van der Waals surface area contributed by atoms with Gasteiger partial charge in [-0.2, -0.15) is 0 Å². The van der Waals surface area contributed by atoms with Crippen LogP contribution in [0.25, 0.3) is 11.0 Å². The lowest BCUT2D eigenvalue weighted by Gasteiger charge is -2.06. The van der Waals surface area contributed by atoms with Gasteiger partial charge in [-0.15, -0.1) is 11.3 Å². The van der Waals surface area contributed by atoms with Crippen LogP contribution < -0.4 is 5.73 Å². The third kappa shape index (κ3) is 2.05. The Morgan fingerprint density at radius 2 is 2.06 bits per heavy atom. The summed E-state index contributed by atoms with van der Waals surface area (Å²) in [5, 5.41) is 2.10. The number of para-hydroxylation sites is 2. The van der Waals surface area contributed by atoms with Gasteiger partial charge in [-0.1, -0.05) is 18.2 Å². The van der Waals surface area contributed by atoms with Gasteiger partial charge in [0.25, 0.3) is 0 Å². The van der Waals surface area contributed by atoms with Gasteiger partial charge in [0.1, 0.15) is 5.82 Å². The van der Waals surface area contributed by atoms with Crippen LogP contribution in [0.4, 0.5) is 0 Å². The summed E-state index contributed by atoms with van der Waals surface area (Å²) >= 11 is 1.77. The number of imidazole rings is 1. The molecule has 4 heteroatoms. The summed E-state index contributed by atoms with van der Waals surface area (Å²) in [6.45, 7) is 1.46. The van der Waals surface area contributed by atoms with Crippen molar-refractivity contribution in [3.63, 3.8) is 0 Å². The van der Waals surface area contributed by atoms with Gasteiger partial charge in [-0.05, 0) is 23.6 Å². The molecule has 2 aromatic heterocycles. The Kier molecular flexibility index (Phi) is 3.13. The lowest BCUT2D eigenvalue weighted by molar-refractivity contribution is 0.691. The molecule has 0 saturated carbocycles. The fourth-order valence-electron chi connectivity index (χ4n) is 2.21. The van der Waals surface area contributed by atoms with Crippen LogP contribution in [-0.4, -0.2) is 16.1 Å². The molecule has 1 aromatic carbocycles. The van der Waals surface area contributed by atoms with E-state index < -0.39 is 0 Å². The Morgan fingerprint density at radius 1 is 1.17 bits per heavy atom. The van der Waals surface area contributed by atoms with Gasteiger partial charge in [0.2, 0.25) is 0 Å². The van der Waals surface area contributed by atoms with Crippen molar-refractivity contribution in [2.75, 3.05) is 6.54 Å². The number of aromatic nitrogens is 2. The maximum Gasteiger partial charge on any atom is 0.115 e. The number of hydrogen-bond acceptors (Lipinski definition) is 3. The fraction of sp³-hybridized carbons (Fsp3) is 0.214. The van der Waals surface area contributed by atoms with E-state index in [1.54, 1.807) is 11.3 Å². The molecule has 0 saturated heterocycles. The van der Waals surface area contributed by atoms with E-state index in [2.05, 4.69) is 34.2 Å². The van der Waals surface area contributed by atoms with E-state index in [-0.39, 0.29) is 0 Å². The van der Waals surface area contributed by atoms with E-state index in [9.17, 15) is 0 Å². The molecule has 18 heavy (non-hydrogen) atoms. The Balaban J connectivity index is 2.06. The lowest BCUT2D eigenvalue weighted by atomic mass is 10.3. The van der Waals surface area contributed by atoms with Crippen molar-refractivity contribution in [2.45, 2.75) is 13.0 Å². The van der Waals surface area contributed by atoms with Crippen LogP contribution in [-0.2, 0) is 13.0 Å². The molecule has 0 aliphatic carbocycles. The molecule has 3 aromatic rings. The summed E-state index contributed by atoms with van der Waals surface area (Å²) in [6, 6.07) is 12.5. The predicted molar refractivity (Wildman–Crippen MR) is 75.9 cm³/mol. The average Bonchev–Trinajstić information content (AvgIpc) is 3.00. The van der Waals surface area contributed by atoms with Crippen molar-refractivity contribution < 1.29 is 0 Å². The van der Waals surface area contributed by atoms with Crippen LogP contribution in [0.1, 0.15) is 10.7 Å². The van der Waals surface area contributed by atoms with Crippen LogP contribution in [0.2, 0.25) is 0 Å². The summed E-state index contributed by atoms with van der Waals surface area (Å²) in [6.07, 6.45) is 0.881. The fourth-order valence-corrected chi connectivity index (χ4v) is 2.91. The van der Waals surface area contributed by atoms with E-state index in [0.29, 0.717) is 6.54 Å². The molecular formula is C14H15N3S. The molecule has 0 aliphatic rings. The first-order chi connectivity index (χ1) is 8.88. The number of fused-ring (bicyclic) bond motifs is 1. The molecule has 2 N–H and O–H groups in total. The van der Waals surface area contributed by atoms with Crippen LogP contribution in [0, 0.1) is 0 Å². The van der Waals surface area contributed by atoms with Crippen molar-refractivity contribution in [1.82, 2.24) is 9.55 Å². The van der Waals surface area contributed by atoms with Gasteiger partial charge >= 0.3 is 0 Å². The Morgan fingerprint density at radius 3 is 2.83 bits per heavy atom. The number of nitrogens with two attached hydrogens (primary N) is 1. The third-order valence-corrected chi connectivity index (χ3v) is 3.88. The zero-order chi connectivity index (χ0) is 12.4. The molecular weight excluding hydrogens is 242 g/mol. The molecule has 0 unspecified atom stereocenters. The van der Waals surface area contributed by atoms with Crippen molar-refractivity contribution in [3.8, 4) is 0 Å². The van der Waals surface area contributed by atoms with Gasteiger partial charge in [0.05, 0.1) is 11.0 Å². The largest absolute Gasteiger partial charge is 0.329 e. The van der Waals surface area contributed by atoms with E-state index in [4.69, 9.17) is 10.7 Å². The second kappa shape index (κ2) is 4.92. The van der Waals surface area contributed by atoms with Crippen molar-refractivity contribution in [1.29, 1.82) is 0 Å². The van der Waals surface area contributed by atoms with Crippen LogP contribution in [0.3, 0.4) is 0 Å². The first-order valence-electron chi connectivity index (χ1n) is 6.05. The van der Waals surface area contributed by atoms with E-state index in [0.717, 1.165) is 24.3 Å². The molecule has 3 rings (SSSR count). The van der Waals surface area contributed by atoms with E-state index in [1.807, 2.05) is 12.1 Å². The highest BCUT2D eigenvalue weighted by Crippen LogP contribution is 2.20. The first-order valence-corrected chi connectivity index (χ1v) is 6.93.